The highest BCUT2D eigenvalue weighted by Crippen LogP contribution is 2.23. The summed E-state index contributed by atoms with van der Waals surface area (Å²) in [4.78, 5) is 0. The zero-order valence-corrected chi connectivity index (χ0v) is 13.9. The van der Waals surface area contributed by atoms with E-state index in [-0.39, 0.29) is 24.2 Å². The molecule has 6 heteroatoms. The van der Waals surface area contributed by atoms with Gasteiger partial charge in [0.05, 0.1) is 5.75 Å². The highest BCUT2D eigenvalue weighted by molar-refractivity contribution is 7.89. The van der Waals surface area contributed by atoms with Crippen molar-refractivity contribution in [3.05, 3.63) is 35.9 Å². The molecule has 21 heavy (non-hydrogen) atoms. The van der Waals surface area contributed by atoms with Crippen LogP contribution in [0.2, 0.25) is 0 Å². The van der Waals surface area contributed by atoms with Crippen molar-refractivity contribution in [2.45, 2.75) is 38.1 Å². The van der Waals surface area contributed by atoms with Crippen molar-refractivity contribution < 1.29 is 8.42 Å². The number of aryl methyl sites for hydroxylation is 1. The van der Waals surface area contributed by atoms with Crippen molar-refractivity contribution in [3.63, 3.8) is 0 Å². The molecule has 0 bridgehead atoms. The summed E-state index contributed by atoms with van der Waals surface area (Å²) < 4.78 is 26.8. The summed E-state index contributed by atoms with van der Waals surface area (Å²) in [5.41, 5.74) is 6.68. The average molecular weight is 333 g/mol. The summed E-state index contributed by atoms with van der Waals surface area (Å²) in [6, 6.07) is 9.89. The van der Waals surface area contributed by atoms with Crippen molar-refractivity contribution in [1.82, 2.24) is 4.31 Å². The van der Waals surface area contributed by atoms with E-state index in [1.165, 1.54) is 0 Å². The molecule has 0 aliphatic carbocycles. The number of piperidine rings is 1. The van der Waals surface area contributed by atoms with E-state index in [9.17, 15) is 8.42 Å². The molecule has 1 saturated heterocycles. The summed E-state index contributed by atoms with van der Waals surface area (Å²) in [5.74, 6) is 0.193. The molecule has 4 nitrogen and oxygen atoms in total. The van der Waals surface area contributed by atoms with Gasteiger partial charge in [0.2, 0.25) is 10.0 Å². The van der Waals surface area contributed by atoms with Gasteiger partial charge >= 0.3 is 0 Å². The Bertz CT molecular complexity index is 506. The SMILES string of the molecule is Cl.NCCC1CCCCN1S(=O)(=O)CCc1ccccc1. The quantitative estimate of drug-likeness (QED) is 0.868. The van der Waals surface area contributed by atoms with Crippen molar-refractivity contribution in [2.75, 3.05) is 18.8 Å². The Morgan fingerprint density at radius 2 is 1.90 bits per heavy atom. The lowest BCUT2D eigenvalue weighted by Gasteiger charge is -2.34. The van der Waals surface area contributed by atoms with Crippen LogP contribution >= 0.6 is 12.4 Å². The molecule has 120 valence electrons. The molecule has 1 unspecified atom stereocenters. The summed E-state index contributed by atoms with van der Waals surface area (Å²) in [6.07, 6.45) is 4.36. The minimum absolute atomic E-state index is 0. The highest BCUT2D eigenvalue weighted by Gasteiger charge is 2.31. The molecule has 0 aromatic heterocycles. The predicted molar refractivity (Wildman–Crippen MR) is 89.2 cm³/mol. The molecule has 1 aliphatic heterocycles. The molecule has 2 rings (SSSR count). The van der Waals surface area contributed by atoms with Crippen LogP contribution in [0, 0.1) is 0 Å². The minimum atomic E-state index is -3.18. The predicted octanol–water partition coefficient (Wildman–Crippen LogP) is 2.18. The maximum absolute atomic E-state index is 12.5. The lowest BCUT2D eigenvalue weighted by atomic mass is 10.0. The maximum Gasteiger partial charge on any atom is 0.214 e. The van der Waals surface area contributed by atoms with Crippen LogP contribution in [-0.4, -0.2) is 37.6 Å². The van der Waals surface area contributed by atoms with Crippen LogP contribution in [0.25, 0.3) is 0 Å². The second kappa shape index (κ2) is 8.73. The number of nitrogens with two attached hydrogens (primary N) is 1. The number of nitrogens with zero attached hydrogens (tertiary/aromatic N) is 1. The van der Waals surface area contributed by atoms with E-state index in [1.807, 2.05) is 30.3 Å². The second-order valence-electron chi connectivity index (χ2n) is 5.39. The smallest absolute Gasteiger partial charge is 0.214 e. The standard InChI is InChI=1S/C15H24N2O2S.ClH/c16-11-9-15-8-4-5-12-17(15)20(18,19)13-10-14-6-2-1-3-7-14;/h1-3,6-7,15H,4-5,8-13,16H2;1H. The first kappa shape index (κ1) is 18.4. The molecule has 0 saturated carbocycles. The van der Waals surface area contributed by atoms with E-state index < -0.39 is 10.0 Å². The molecule has 1 fully saturated rings. The van der Waals surface area contributed by atoms with Crippen LogP contribution < -0.4 is 5.73 Å². The van der Waals surface area contributed by atoms with E-state index in [4.69, 9.17) is 5.73 Å². The van der Waals surface area contributed by atoms with Gasteiger partial charge in [0.1, 0.15) is 0 Å². The fourth-order valence-corrected chi connectivity index (χ4v) is 4.63. The van der Waals surface area contributed by atoms with Gasteiger partial charge < -0.3 is 5.73 Å². The number of benzene rings is 1. The van der Waals surface area contributed by atoms with Crippen LogP contribution in [0.3, 0.4) is 0 Å². The largest absolute Gasteiger partial charge is 0.330 e. The molecule has 0 amide bonds. The van der Waals surface area contributed by atoms with Crippen molar-refractivity contribution in [1.29, 1.82) is 0 Å². The van der Waals surface area contributed by atoms with Gasteiger partial charge in [-0.05, 0) is 37.8 Å². The lowest BCUT2D eigenvalue weighted by Crippen LogP contribution is -2.45. The molecule has 0 radical (unpaired) electrons. The van der Waals surface area contributed by atoms with Crippen molar-refractivity contribution >= 4 is 22.4 Å². The van der Waals surface area contributed by atoms with Crippen molar-refractivity contribution in [2.24, 2.45) is 5.73 Å². The summed E-state index contributed by atoms with van der Waals surface area (Å²) in [5, 5.41) is 0. The first-order chi connectivity index (χ1) is 9.63. The Kier molecular flexibility index (Phi) is 7.66. The average Bonchev–Trinajstić information content (AvgIpc) is 2.47. The van der Waals surface area contributed by atoms with Gasteiger partial charge in [0.25, 0.3) is 0 Å². The highest BCUT2D eigenvalue weighted by atomic mass is 35.5. The van der Waals surface area contributed by atoms with Crippen molar-refractivity contribution in [3.8, 4) is 0 Å². The fourth-order valence-electron chi connectivity index (χ4n) is 2.83. The number of halogens is 1. The zero-order valence-electron chi connectivity index (χ0n) is 12.3. The fraction of sp³-hybridized carbons (Fsp3) is 0.600. The van der Waals surface area contributed by atoms with Gasteiger partial charge in [-0.2, -0.15) is 4.31 Å². The molecule has 1 atom stereocenters. The number of sulfonamides is 1. The number of hydrogen-bond acceptors (Lipinski definition) is 3. The normalized spacial score (nSPS) is 20.0. The third-order valence-electron chi connectivity index (χ3n) is 3.92. The summed E-state index contributed by atoms with van der Waals surface area (Å²) >= 11 is 0. The van der Waals surface area contributed by atoms with Crippen LogP contribution in [0.15, 0.2) is 30.3 Å². The molecule has 1 aromatic rings. The maximum atomic E-state index is 12.5. The van der Waals surface area contributed by atoms with E-state index in [1.54, 1.807) is 4.31 Å². The number of rotatable bonds is 6. The van der Waals surface area contributed by atoms with Crippen LogP contribution in [0.4, 0.5) is 0 Å². The Labute approximate surface area is 134 Å². The summed E-state index contributed by atoms with van der Waals surface area (Å²) in [6.45, 7) is 1.21. The van der Waals surface area contributed by atoms with Crippen LogP contribution in [-0.2, 0) is 16.4 Å². The third-order valence-corrected chi connectivity index (χ3v) is 5.84. The Hall–Kier alpha value is -0.620. The third kappa shape index (κ3) is 5.25. The molecular formula is C15H25ClN2O2S. The van der Waals surface area contributed by atoms with Crippen LogP contribution in [0.1, 0.15) is 31.2 Å². The van der Waals surface area contributed by atoms with Crippen LogP contribution in [0.5, 0.6) is 0 Å². The Balaban J connectivity index is 0.00000220. The Morgan fingerprint density at radius 1 is 1.19 bits per heavy atom. The van der Waals surface area contributed by atoms with Gasteiger partial charge in [0, 0.05) is 12.6 Å². The minimum Gasteiger partial charge on any atom is -0.330 e. The van der Waals surface area contributed by atoms with Gasteiger partial charge in [-0.25, -0.2) is 8.42 Å². The van der Waals surface area contributed by atoms with Gasteiger partial charge in [-0.15, -0.1) is 12.4 Å². The van der Waals surface area contributed by atoms with Gasteiger partial charge in [0.15, 0.2) is 0 Å². The molecule has 1 heterocycles. The van der Waals surface area contributed by atoms with E-state index in [2.05, 4.69) is 0 Å². The lowest BCUT2D eigenvalue weighted by molar-refractivity contribution is 0.243. The monoisotopic (exact) mass is 332 g/mol. The Morgan fingerprint density at radius 3 is 2.57 bits per heavy atom. The first-order valence-electron chi connectivity index (χ1n) is 7.37. The summed E-state index contributed by atoms with van der Waals surface area (Å²) in [7, 11) is -3.18. The van der Waals surface area contributed by atoms with E-state index in [0.29, 0.717) is 19.5 Å². The molecule has 1 aliphatic rings. The molecule has 2 N–H and O–H groups in total. The zero-order chi connectivity index (χ0) is 14.4. The first-order valence-corrected chi connectivity index (χ1v) is 8.98. The topological polar surface area (TPSA) is 63.4 Å². The second-order valence-corrected chi connectivity index (χ2v) is 7.43. The van der Waals surface area contributed by atoms with Gasteiger partial charge in [-0.3, -0.25) is 0 Å². The van der Waals surface area contributed by atoms with Gasteiger partial charge in [-0.1, -0.05) is 36.8 Å². The van der Waals surface area contributed by atoms with E-state index in [0.717, 1.165) is 31.2 Å². The van der Waals surface area contributed by atoms with E-state index >= 15 is 0 Å². The molecular weight excluding hydrogens is 308 g/mol. The number of hydrogen-bond donors (Lipinski definition) is 1. The molecule has 1 aromatic carbocycles. The molecule has 0 spiro atoms.